The molecule has 1 amide bonds. The van der Waals surface area contributed by atoms with Gasteiger partial charge < -0.3 is 10.7 Å². The van der Waals surface area contributed by atoms with Crippen molar-refractivity contribution < 1.29 is 4.79 Å². The largest absolute Gasteiger partial charge is 0.320 e. The smallest absolute Gasteiger partial charge is 0.259 e. The van der Waals surface area contributed by atoms with Gasteiger partial charge in [-0.1, -0.05) is 0 Å². The van der Waals surface area contributed by atoms with Crippen molar-refractivity contribution in [2.24, 2.45) is 5.84 Å². The highest BCUT2D eigenvalue weighted by atomic mass is 79.9. The lowest BCUT2D eigenvalue weighted by atomic mass is 10.2. The zero-order valence-electron chi connectivity index (χ0n) is 10.1. The van der Waals surface area contributed by atoms with Gasteiger partial charge in [-0.25, -0.2) is 10.8 Å². The van der Waals surface area contributed by atoms with Gasteiger partial charge >= 0.3 is 0 Å². The average molecular weight is 322 g/mol. The Bertz CT molecular complexity index is 617. The minimum absolute atomic E-state index is 0.308. The third-order valence-electron chi connectivity index (χ3n) is 2.49. The molecule has 0 fully saturated rings. The van der Waals surface area contributed by atoms with Gasteiger partial charge in [-0.05, 0) is 41.1 Å². The Morgan fingerprint density at radius 1 is 1.42 bits per heavy atom. The second kappa shape index (κ2) is 5.77. The summed E-state index contributed by atoms with van der Waals surface area (Å²) in [6.45, 7) is 1.82. The lowest BCUT2D eigenvalue weighted by molar-refractivity contribution is 0.102. The molecule has 0 aliphatic carbocycles. The molecule has 0 spiro atoms. The second-order valence-corrected chi connectivity index (χ2v) is 4.70. The lowest BCUT2D eigenvalue weighted by Gasteiger charge is -2.10. The molecule has 0 saturated carbocycles. The molecule has 0 bridgehead atoms. The van der Waals surface area contributed by atoms with Crippen LogP contribution in [0.2, 0.25) is 0 Å². The summed E-state index contributed by atoms with van der Waals surface area (Å²) >= 11 is 3.27. The second-order valence-electron chi connectivity index (χ2n) is 3.78. The standard InChI is InChI=1S/C12H12BrN5O/c1-7-10(3-2-4-15-7)17-12(19)9-5-8(13)6-16-11(9)18-14/h2-6H,14H2,1H3,(H,16,18)(H,17,19). The van der Waals surface area contributed by atoms with Gasteiger partial charge in [0.05, 0.1) is 16.9 Å². The van der Waals surface area contributed by atoms with Crippen LogP contribution < -0.4 is 16.6 Å². The highest BCUT2D eigenvalue weighted by Crippen LogP contribution is 2.19. The molecule has 2 heterocycles. The Balaban J connectivity index is 2.30. The predicted molar refractivity (Wildman–Crippen MR) is 76.7 cm³/mol. The zero-order chi connectivity index (χ0) is 13.8. The van der Waals surface area contributed by atoms with Crippen molar-refractivity contribution in [2.45, 2.75) is 6.92 Å². The number of pyridine rings is 2. The van der Waals surface area contributed by atoms with Crippen molar-refractivity contribution in [3.05, 3.63) is 46.3 Å². The summed E-state index contributed by atoms with van der Waals surface area (Å²) in [5.74, 6) is 5.34. The monoisotopic (exact) mass is 321 g/mol. The van der Waals surface area contributed by atoms with Gasteiger partial charge in [-0.3, -0.25) is 9.78 Å². The third-order valence-corrected chi connectivity index (χ3v) is 2.92. The van der Waals surface area contributed by atoms with Crippen molar-refractivity contribution >= 4 is 33.3 Å². The minimum Gasteiger partial charge on any atom is -0.320 e. The number of rotatable bonds is 3. The molecule has 98 valence electrons. The van der Waals surface area contributed by atoms with Crippen molar-refractivity contribution in [3.63, 3.8) is 0 Å². The molecule has 19 heavy (non-hydrogen) atoms. The molecule has 2 aromatic heterocycles. The number of hydrogen-bond donors (Lipinski definition) is 3. The first-order valence-electron chi connectivity index (χ1n) is 5.47. The number of carbonyl (C=O) groups is 1. The molecule has 7 heteroatoms. The summed E-state index contributed by atoms with van der Waals surface area (Å²) < 4.78 is 0.694. The topological polar surface area (TPSA) is 92.9 Å². The molecular weight excluding hydrogens is 310 g/mol. The Hall–Kier alpha value is -1.99. The predicted octanol–water partition coefficient (Wildman–Crippen LogP) is 2.09. The van der Waals surface area contributed by atoms with Crippen LogP contribution in [0.3, 0.4) is 0 Å². The lowest BCUT2D eigenvalue weighted by Crippen LogP contribution is -2.19. The van der Waals surface area contributed by atoms with E-state index in [4.69, 9.17) is 5.84 Å². The van der Waals surface area contributed by atoms with E-state index >= 15 is 0 Å². The summed E-state index contributed by atoms with van der Waals surface area (Å²) in [6, 6.07) is 5.17. The number of nitrogens with zero attached hydrogens (tertiary/aromatic N) is 2. The van der Waals surface area contributed by atoms with Crippen molar-refractivity contribution in [1.82, 2.24) is 9.97 Å². The van der Waals surface area contributed by atoms with E-state index in [-0.39, 0.29) is 5.91 Å². The molecular formula is C12H12BrN5O. The van der Waals surface area contributed by atoms with Gasteiger partial charge in [-0.15, -0.1) is 0 Å². The van der Waals surface area contributed by atoms with Crippen LogP contribution in [-0.4, -0.2) is 15.9 Å². The van der Waals surface area contributed by atoms with Crippen LogP contribution >= 0.6 is 15.9 Å². The fourth-order valence-corrected chi connectivity index (χ4v) is 1.86. The van der Waals surface area contributed by atoms with Crippen LogP contribution in [-0.2, 0) is 0 Å². The number of amides is 1. The number of hydrazine groups is 1. The summed E-state index contributed by atoms with van der Waals surface area (Å²) in [7, 11) is 0. The van der Waals surface area contributed by atoms with Crippen LogP contribution in [0.25, 0.3) is 0 Å². The fourth-order valence-electron chi connectivity index (χ4n) is 1.53. The molecule has 0 aliphatic rings. The van der Waals surface area contributed by atoms with Crippen LogP contribution in [0, 0.1) is 6.92 Å². The number of nitrogens with one attached hydrogen (secondary N) is 2. The summed E-state index contributed by atoms with van der Waals surface area (Å²) in [5.41, 5.74) is 4.13. The van der Waals surface area contributed by atoms with E-state index in [0.29, 0.717) is 21.5 Å². The number of aryl methyl sites for hydroxylation is 1. The molecule has 2 rings (SSSR count). The Morgan fingerprint density at radius 2 is 2.21 bits per heavy atom. The molecule has 0 unspecified atom stereocenters. The number of halogens is 1. The normalized spacial score (nSPS) is 10.1. The highest BCUT2D eigenvalue weighted by Gasteiger charge is 2.14. The van der Waals surface area contributed by atoms with E-state index < -0.39 is 0 Å². The Morgan fingerprint density at radius 3 is 2.89 bits per heavy atom. The van der Waals surface area contributed by atoms with E-state index in [1.165, 1.54) is 0 Å². The first kappa shape index (κ1) is 13.4. The van der Waals surface area contributed by atoms with E-state index in [1.807, 2.05) is 6.92 Å². The molecule has 0 atom stereocenters. The van der Waals surface area contributed by atoms with Crippen LogP contribution in [0.15, 0.2) is 35.1 Å². The van der Waals surface area contributed by atoms with Crippen LogP contribution in [0.1, 0.15) is 16.1 Å². The summed E-state index contributed by atoms with van der Waals surface area (Å²) in [5, 5.41) is 2.77. The maximum atomic E-state index is 12.2. The number of anilines is 2. The average Bonchev–Trinajstić information content (AvgIpc) is 2.41. The quantitative estimate of drug-likeness (QED) is 0.594. The molecule has 0 aromatic carbocycles. The van der Waals surface area contributed by atoms with Crippen molar-refractivity contribution in [3.8, 4) is 0 Å². The summed E-state index contributed by atoms with van der Waals surface area (Å²) in [4.78, 5) is 20.3. The van der Waals surface area contributed by atoms with Crippen LogP contribution in [0.5, 0.6) is 0 Å². The van der Waals surface area contributed by atoms with E-state index in [0.717, 1.165) is 5.69 Å². The molecule has 0 saturated heterocycles. The first-order valence-corrected chi connectivity index (χ1v) is 6.26. The third kappa shape index (κ3) is 3.07. The Kier molecular flexibility index (Phi) is 4.08. The number of hydrogen-bond acceptors (Lipinski definition) is 5. The molecule has 6 nitrogen and oxygen atoms in total. The Labute approximate surface area is 118 Å². The van der Waals surface area contributed by atoms with Gasteiger partial charge in [0.25, 0.3) is 5.91 Å². The van der Waals surface area contributed by atoms with Crippen LogP contribution in [0.4, 0.5) is 11.5 Å². The highest BCUT2D eigenvalue weighted by molar-refractivity contribution is 9.10. The van der Waals surface area contributed by atoms with E-state index in [1.54, 1.807) is 30.6 Å². The van der Waals surface area contributed by atoms with Crippen molar-refractivity contribution in [2.75, 3.05) is 10.7 Å². The van der Waals surface area contributed by atoms with Gasteiger partial charge in [0.1, 0.15) is 0 Å². The zero-order valence-corrected chi connectivity index (χ0v) is 11.7. The van der Waals surface area contributed by atoms with E-state index in [2.05, 4.69) is 36.6 Å². The number of nitrogens with two attached hydrogens (primary N) is 1. The first-order chi connectivity index (χ1) is 9.11. The molecule has 4 N–H and O–H groups in total. The molecule has 0 aliphatic heterocycles. The number of aromatic nitrogens is 2. The minimum atomic E-state index is -0.308. The van der Waals surface area contributed by atoms with Crippen molar-refractivity contribution in [1.29, 1.82) is 0 Å². The number of carbonyl (C=O) groups excluding carboxylic acids is 1. The van der Waals surface area contributed by atoms with Gasteiger partial charge in [-0.2, -0.15) is 0 Å². The number of nitrogen functional groups attached to an aromatic ring is 1. The molecule has 2 aromatic rings. The SMILES string of the molecule is Cc1ncccc1NC(=O)c1cc(Br)cnc1NN. The fraction of sp³-hybridized carbons (Fsp3) is 0.0833. The van der Waals surface area contributed by atoms with E-state index in [9.17, 15) is 4.79 Å². The van der Waals surface area contributed by atoms with Gasteiger partial charge in [0.15, 0.2) is 5.82 Å². The maximum absolute atomic E-state index is 12.2. The molecule has 0 radical (unpaired) electrons. The van der Waals surface area contributed by atoms with Gasteiger partial charge in [0, 0.05) is 16.9 Å². The van der Waals surface area contributed by atoms with Gasteiger partial charge in [0.2, 0.25) is 0 Å². The maximum Gasteiger partial charge on any atom is 0.259 e. The summed E-state index contributed by atoms with van der Waals surface area (Å²) in [6.07, 6.45) is 3.22.